The Morgan fingerprint density at radius 2 is 1.82 bits per heavy atom. The molecule has 9 nitrogen and oxygen atoms in total. The lowest BCUT2D eigenvalue weighted by Crippen LogP contribution is -2.78. The van der Waals surface area contributed by atoms with Gasteiger partial charge in [-0.1, -0.05) is 13.8 Å². The lowest BCUT2D eigenvalue weighted by atomic mass is 9.34. The molecule has 13 atom stereocenters. The van der Waals surface area contributed by atoms with Gasteiger partial charge in [0.2, 0.25) is 5.60 Å². The molecular weight excluding hydrogens is 504 g/mol. The van der Waals surface area contributed by atoms with Crippen LogP contribution in [-0.2, 0) is 33.3 Å². The van der Waals surface area contributed by atoms with E-state index >= 15 is 0 Å². The predicted octanol–water partition coefficient (Wildman–Crippen LogP) is 2.43. The highest BCUT2D eigenvalue weighted by atomic mass is 16.7. The molecule has 0 aromatic heterocycles. The third-order valence-corrected chi connectivity index (χ3v) is 12.9. The van der Waals surface area contributed by atoms with E-state index < -0.39 is 52.1 Å². The summed E-state index contributed by atoms with van der Waals surface area (Å²) in [7, 11) is 1.30. The van der Waals surface area contributed by atoms with Crippen molar-refractivity contribution in [2.75, 3.05) is 20.3 Å². The van der Waals surface area contributed by atoms with Crippen LogP contribution in [0.2, 0.25) is 0 Å². The molecule has 0 radical (unpaired) electrons. The first-order valence-electron chi connectivity index (χ1n) is 14.7. The first-order chi connectivity index (χ1) is 18.4. The number of fused-ring (bicyclic) bond motifs is 9. The average Bonchev–Trinajstić information content (AvgIpc) is 3.52. The maximum atomic E-state index is 13.4. The Labute approximate surface area is 230 Å². The van der Waals surface area contributed by atoms with Gasteiger partial charge in [-0.15, -0.1) is 0 Å². The summed E-state index contributed by atoms with van der Waals surface area (Å²) in [5.74, 6) is -0.835. The molecule has 4 saturated carbocycles. The average molecular weight is 549 g/mol. The van der Waals surface area contributed by atoms with E-state index in [-0.39, 0.29) is 42.3 Å². The molecule has 6 fully saturated rings. The van der Waals surface area contributed by atoms with Crippen molar-refractivity contribution < 1.29 is 43.5 Å². The Hall–Kier alpha value is -1.55. The Morgan fingerprint density at radius 1 is 1.08 bits per heavy atom. The quantitative estimate of drug-likeness (QED) is 0.302. The molecular formula is C30H44O9. The Bertz CT molecular complexity index is 1060. The standard InChI is InChI=1S/C30H44O9/c1-16(33)38-22-13-27(3)20-7-6-17-15-37-19(9-11-31)23(17)26(20,2)10-8-21(27)29(35)12-18(14-32)24-30(39-24,25(34)36-5)28(22,29)4/h11,17-24,32,35H,6-10,12-15H2,1-5H3/t17?,18?,19?,20?,21?,22-,23?,24?,26+,27+,28+,29+,30?/m0/s1. The second kappa shape index (κ2) is 8.73. The van der Waals surface area contributed by atoms with Crippen LogP contribution in [0.5, 0.6) is 0 Å². The molecule has 0 bridgehead atoms. The van der Waals surface area contributed by atoms with Crippen molar-refractivity contribution in [1.82, 2.24) is 0 Å². The SMILES string of the molecule is COC(=O)C12OC1C(CO)C[C@@]1(O)C3CC[C@@]4(C)C5C(CCC4[C@@]3(C)C[C@H](OC(C)=O)[C@@]21C)COC5CC=O. The summed E-state index contributed by atoms with van der Waals surface area (Å²) >= 11 is 0. The molecule has 2 aliphatic heterocycles. The topological polar surface area (TPSA) is 132 Å². The van der Waals surface area contributed by atoms with Gasteiger partial charge in [0.15, 0.2) is 0 Å². The maximum absolute atomic E-state index is 13.4. The van der Waals surface area contributed by atoms with E-state index in [0.717, 1.165) is 32.0 Å². The lowest BCUT2D eigenvalue weighted by molar-refractivity contribution is -0.305. The Morgan fingerprint density at radius 3 is 2.46 bits per heavy atom. The maximum Gasteiger partial charge on any atom is 0.341 e. The van der Waals surface area contributed by atoms with Crippen LogP contribution in [0.4, 0.5) is 0 Å². The van der Waals surface area contributed by atoms with Crippen LogP contribution < -0.4 is 0 Å². The van der Waals surface area contributed by atoms with E-state index in [1.165, 1.54) is 14.0 Å². The monoisotopic (exact) mass is 548 g/mol. The number of carbonyl (C=O) groups excluding carboxylic acids is 3. The van der Waals surface area contributed by atoms with Crippen LogP contribution in [0, 0.1) is 45.8 Å². The van der Waals surface area contributed by atoms with Crippen molar-refractivity contribution in [3.05, 3.63) is 0 Å². The predicted molar refractivity (Wildman–Crippen MR) is 137 cm³/mol. The van der Waals surface area contributed by atoms with Gasteiger partial charge in [-0.2, -0.15) is 0 Å². The van der Waals surface area contributed by atoms with Crippen LogP contribution in [0.3, 0.4) is 0 Å². The van der Waals surface area contributed by atoms with Gasteiger partial charge >= 0.3 is 11.9 Å². The number of esters is 2. The first-order valence-corrected chi connectivity index (χ1v) is 14.7. The van der Waals surface area contributed by atoms with Gasteiger partial charge in [-0.05, 0) is 80.0 Å². The summed E-state index contributed by atoms with van der Waals surface area (Å²) in [5.41, 5.74) is -4.70. The summed E-state index contributed by atoms with van der Waals surface area (Å²) in [4.78, 5) is 37.5. The van der Waals surface area contributed by atoms with Crippen molar-refractivity contribution in [3.63, 3.8) is 0 Å². The molecule has 6 aliphatic rings. The largest absolute Gasteiger partial charge is 0.467 e. The number of rotatable bonds is 5. The molecule has 4 aliphatic carbocycles. The molecule has 2 saturated heterocycles. The van der Waals surface area contributed by atoms with E-state index in [9.17, 15) is 24.6 Å². The van der Waals surface area contributed by atoms with Gasteiger partial charge in [0, 0.05) is 25.9 Å². The smallest absolute Gasteiger partial charge is 0.341 e. The number of aldehydes is 1. The summed E-state index contributed by atoms with van der Waals surface area (Å²) in [6.07, 6.45) is 4.17. The number of ether oxygens (including phenoxy) is 4. The molecule has 6 rings (SSSR count). The minimum atomic E-state index is -1.49. The fourth-order valence-corrected chi connectivity index (χ4v) is 11.5. The third-order valence-electron chi connectivity index (χ3n) is 12.9. The molecule has 218 valence electrons. The first kappa shape index (κ1) is 27.6. The van der Waals surface area contributed by atoms with Gasteiger partial charge in [-0.25, -0.2) is 4.79 Å². The van der Waals surface area contributed by atoms with Crippen molar-refractivity contribution in [1.29, 1.82) is 0 Å². The molecule has 0 spiro atoms. The zero-order valence-corrected chi connectivity index (χ0v) is 23.8. The number of aliphatic hydroxyl groups is 2. The highest BCUT2D eigenvalue weighted by Crippen LogP contribution is 2.77. The van der Waals surface area contributed by atoms with Gasteiger partial charge in [0.05, 0.1) is 30.8 Å². The number of methoxy groups -OCH3 is 1. The number of epoxide rings is 1. The van der Waals surface area contributed by atoms with Gasteiger partial charge in [0.25, 0.3) is 0 Å². The number of hydrogen-bond acceptors (Lipinski definition) is 9. The zero-order valence-electron chi connectivity index (χ0n) is 23.8. The number of aliphatic hydroxyl groups excluding tert-OH is 1. The van der Waals surface area contributed by atoms with Gasteiger partial charge < -0.3 is 34.0 Å². The highest BCUT2D eigenvalue weighted by molar-refractivity contribution is 5.86. The van der Waals surface area contributed by atoms with Crippen LogP contribution in [0.1, 0.15) is 72.6 Å². The molecule has 0 amide bonds. The summed E-state index contributed by atoms with van der Waals surface area (Å²) in [5, 5.41) is 23.4. The van der Waals surface area contributed by atoms with Crippen LogP contribution >= 0.6 is 0 Å². The van der Waals surface area contributed by atoms with Crippen LogP contribution in [-0.4, -0.2) is 78.3 Å². The summed E-state index contributed by atoms with van der Waals surface area (Å²) in [6, 6.07) is 0. The Balaban J connectivity index is 1.48. The van der Waals surface area contributed by atoms with E-state index in [1.54, 1.807) is 0 Å². The minimum Gasteiger partial charge on any atom is -0.467 e. The van der Waals surface area contributed by atoms with Crippen molar-refractivity contribution in [2.24, 2.45) is 45.8 Å². The molecule has 9 heteroatoms. The molecule has 2 N–H and O–H groups in total. The molecule has 39 heavy (non-hydrogen) atoms. The zero-order chi connectivity index (χ0) is 28.2. The Kier molecular flexibility index (Phi) is 6.18. The van der Waals surface area contributed by atoms with Gasteiger partial charge in [0.1, 0.15) is 18.5 Å². The van der Waals surface area contributed by atoms with Crippen LogP contribution in [0.25, 0.3) is 0 Å². The lowest BCUT2D eigenvalue weighted by Gasteiger charge is -2.71. The number of hydrogen-bond donors (Lipinski definition) is 2. The van der Waals surface area contributed by atoms with E-state index in [1.807, 2.05) is 6.92 Å². The molecule has 2 heterocycles. The summed E-state index contributed by atoms with van der Waals surface area (Å²) < 4.78 is 23.7. The fourth-order valence-electron chi connectivity index (χ4n) is 11.5. The minimum absolute atomic E-state index is 0.0988. The van der Waals surface area contributed by atoms with Crippen molar-refractivity contribution >= 4 is 18.2 Å². The van der Waals surface area contributed by atoms with E-state index in [2.05, 4.69) is 13.8 Å². The van der Waals surface area contributed by atoms with Crippen molar-refractivity contribution in [2.45, 2.75) is 102 Å². The van der Waals surface area contributed by atoms with Crippen molar-refractivity contribution in [3.8, 4) is 0 Å². The van der Waals surface area contributed by atoms with E-state index in [4.69, 9.17) is 18.9 Å². The van der Waals surface area contributed by atoms with Gasteiger partial charge in [-0.3, -0.25) is 4.79 Å². The fraction of sp³-hybridized carbons (Fsp3) is 0.900. The normalized spacial score (nSPS) is 55.2. The second-order valence-electron chi connectivity index (χ2n) is 14.1. The third kappa shape index (κ3) is 3.19. The molecule has 0 aromatic rings. The highest BCUT2D eigenvalue weighted by Gasteiger charge is 2.88. The number of carbonyl (C=O) groups is 3. The molecule has 0 aromatic carbocycles. The van der Waals surface area contributed by atoms with E-state index in [0.29, 0.717) is 25.4 Å². The second-order valence-corrected chi connectivity index (χ2v) is 14.1. The molecule has 8 unspecified atom stereocenters. The van der Waals surface area contributed by atoms with Crippen LogP contribution in [0.15, 0.2) is 0 Å². The summed E-state index contributed by atoms with van der Waals surface area (Å²) in [6.45, 7) is 8.23.